The van der Waals surface area contributed by atoms with E-state index >= 15 is 0 Å². The van der Waals surface area contributed by atoms with Crippen molar-refractivity contribution >= 4 is 27.9 Å². The number of rotatable bonds is 4. The highest BCUT2D eigenvalue weighted by molar-refractivity contribution is 7.90. The fourth-order valence-corrected chi connectivity index (χ4v) is 2.72. The molecule has 1 aromatic carbocycles. The lowest BCUT2D eigenvalue weighted by Crippen LogP contribution is -2.40. The summed E-state index contributed by atoms with van der Waals surface area (Å²) in [6.45, 7) is 5.38. The highest BCUT2D eigenvalue weighted by Gasteiger charge is 2.23. The number of aliphatic hydroxyl groups is 1. The van der Waals surface area contributed by atoms with Gasteiger partial charge in [-0.05, 0) is 38.5 Å². The molecule has 0 spiro atoms. The van der Waals surface area contributed by atoms with E-state index in [9.17, 15) is 17.9 Å². The number of hydrogen-bond donors (Lipinski definition) is 3. The fourth-order valence-electron chi connectivity index (χ4n) is 1.88. The third-order valence-electron chi connectivity index (χ3n) is 2.71. The first-order valence-electron chi connectivity index (χ1n) is 6.13. The van der Waals surface area contributed by atoms with Crippen molar-refractivity contribution in [3.05, 3.63) is 23.5 Å². The highest BCUT2D eigenvalue weighted by Crippen LogP contribution is 2.27. The molecule has 0 aliphatic heterocycles. The Balaban J connectivity index is 0.00000400. The molecule has 0 saturated carbocycles. The van der Waals surface area contributed by atoms with Crippen molar-refractivity contribution in [1.29, 1.82) is 0 Å². The van der Waals surface area contributed by atoms with Crippen LogP contribution >= 0.6 is 12.4 Å². The van der Waals surface area contributed by atoms with Gasteiger partial charge in [0.1, 0.15) is 5.82 Å². The molecular formula is C13H22ClFN2O3S. The number of sulfone groups is 1. The number of nitrogens with two attached hydrogens (primary N) is 1. The van der Waals surface area contributed by atoms with Crippen molar-refractivity contribution in [3.63, 3.8) is 0 Å². The summed E-state index contributed by atoms with van der Waals surface area (Å²) in [5.74, 6) is -0.808. The Hall–Kier alpha value is -0.890. The van der Waals surface area contributed by atoms with E-state index < -0.39 is 27.4 Å². The molecule has 0 bridgehead atoms. The molecule has 5 nitrogen and oxygen atoms in total. The first-order valence-corrected chi connectivity index (χ1v) is 8.02. The maximum Gasteiger partial charge on any atom is 0.177 e. The van der Waals surface area contributed by atoms with Crippen LogP contribution in [-0.4, -0.2) is 31.9 Å². The maximum absolute atomic E-state index is 13.8. The van der Waals surface area contributed by atoms with Crippen LogP contribution in [0.1, 0.15) is 32.4 Å². The maximum atomic E-state index is 13.8. The van der Waals surface area contributed by atoms with Crippen LogP contribution in [0.15, 0.2) is 17.0 Å². The van der Waals surface area contributed by atoms with Crippen molar-refractivity contribution in [2.45, 2.75) is 37.2 Å². The van der Waals surface area contributed by atoms with Crippen LogP contribution in [0.25, 0.3) is 0 Å². The summed E-state index contributed by atoms with van der Waals surface area (Å²) in [4.78, 5) is -0.262. The molecule has 0 saturated heterocycles. The molecule has 122 valence electrons. The smallest absolute Gasteiger partial charge is 0.177 e. The largest absolute Gasteiger partial charge is 0.395 e. The molecule has 0 aromatic heterocycles. The molecule has 0 aliphatic rings. The van der Waals surface area contributed by atoms with E-state index in [0.717, 1.165) is 12.3 Å². The predicted octanol–water partition coefficient (Wildman–Crippen LogP) is 1.65. The molecular weight excluding hydrogens is 319 g/mol. The van der Waals surface area contributed by atoms with E-state index in [2.05, 4.69) is 5.32 Å². The summed E-state index contributed by atoms with van der Waals surface area (Å²) < 4.78 is 37.1. The Bertz CT molecular complexity index is 600. The van der Waals surface area contributed by atoms with Gasteiger partial charge in [0.2, 0.25) is 0 Å². The van der Waals surface area contributed by atoms with Crippen molar-refractivity contribution in [1.82, 2.24) is 5.32 Å². The summed E-state index contributed by atoms with van der Waals surface area (Å²) >= 11 is 0. The molecule has 1 atom stereocenters. The minimum atomic E-state index is -3.64. The normalized spacial score (nSPS) is 13.6. The Morgan fingerprint density at radius 1 is 1.38 bits per heavy atom. The Morgan fingerprint density at radius 3 is 2.29 bits per heavy atom. The molecule has 4 N–H and O–H groups in total. The molecule has 0 fully saturated rings. The molecule has 0 heterocycles. The van der Waals surface area contributed by atoms with Crippen molar-refractivity contribution in [2.24, 2.45) is 0 Å². The second-order valence-corrected chi connectivity index (χ2v) is 7.80. The Kier molecular flexibility index (Phi) is 6.62. The Morgan fingerprint density at radius 2 is 1.90 bits per heavy atom. The fraction of sp³-hybridized carbons (Fsp3) is 0.538. The quantitative estimate of drug-likeness (QED) is 0.725. The van der Waals surface area contributed by atoms with Crippen LogP contribution < -0.4 is 11.1 Å². The molecule has 0 aliphatic carbocycles. The van der Waals surface area contributed by atoms with E-state index in [-0.39, 0.29) is 29.4 Å². The third-order valence-corrected chi connectivity index (χ3v) is 3.84. The minimum Gasteiger partial charge on any atom is -0.395 e. The lowest BCUT2D eigenvalue weighted by atomic mass is 10.0. The topological polar surface area (TPSA) is 92.4 Å². The summed E-state index contributed by atoms with van der Waals surface area (Å²) in [5.41, 5.74) is 5.09. The van der Waals surface area contributed by atoms with Crippen LogP contribution in [0, 0.1) is 5.82 Å². The predicted molar refractivity (Wildman–Crippen MR) is 83.9 cm³/mol. The van der Waals surface area contributed by atoms with Gasteiger partial charge in [-0.1, -0.05) is 0 Å². The highest BCUT2D eigenvalue weighted by atomic mass is 35.5. The van der Waals surface area contributed by atoms with Crippen LogP contribution in [0.2, 0.25) is 0 Å². The Labute approximate surface area is 131 Å². The van der Waals surface area contributed by atoms with Gasteiger partial charge in [-0.3, -0.25) is 0 Å². The molecule has 1 rings (SSSR count). The van der Waals surface area contributed by atoms with Crippen LogP contribution in [-0.2, 0) is 9.84 Å². The van der Waals surface area contributed by atoms with Crippen LogP contribution in [0.3, 0.4) is 0 Å². The van der Waals surface area contributed by atoms with E-state index in [1.165, 1.54) is 6.07 Å². The first kappa shape index (κ1) is 20.1. The zero-order valence-electron chi connectivity index (χ0n) is 12.5. The number of benzene rings is 1. The zero-order valence-corrected chi connectivity index (χ0v) is 14.1. The first-order chi connectivity index (χ1) is 8.95. The zero-order chi connectivity index (χ0) is 15.7. The molecule has 1 aromatic rings. The summed E-state index contributed by atoms with van der Waals surface area (Å²) in [6, 6.07) is 1.86. The van der Waals surface area contributed by atoms with Gasteiger partial charge in [0, 0.05) is 11.8 Å². The van der Waals surface area contributed by atoms with Gasteiger partial charge in [-0.2, -0.15) is 0 Å². The van der Waals surface area contributed by atoms with Gasteiger partial charge in [0.15, 0.2) is 9.84 Å². The van der Waals surface area contributed by atoms with Gasteiger partial charge in [-0.25, -0.2) is 12.8 Å². The standard InChI is InChI=1S/C13H21FN2O3S.ClH/c1-13(2,3)16-10(7-17)8-5-9(14)12(15)11(6-8)20(4,18)19;/h5-6,10,16-17H,7,15H2,1-4H3;1H. The van der Waals surface area contributed by atoms with E-state index in [0.29, 0.717) is 5.56 Å². The molecule has 1 unspecified atom stereocenters. The SMILES string of the molecule is CC(C)(C)NC(CO)c1cc(F)c(N)c(S(C)(=O)=O)c1.Cl. The van der Waals surface area contributed by atoms with Crippen molar-refractivity contribution < 1.29 is 17.9 Å². The van der Waals surface area contributed by atoms with Gasteiger partial charge >= 0.3 is 0 Å². The lowest BCUT2D eigenvalue weighted by Gasteiger charge is -2.28. The average molecular weight is 341 g/mol. The number of hydrogen-bond acceptors (Lipinski definition) is 5. The monoisotopic (exact) mass is 340 g/mol. The number of anilines is 1. The second kappa shape index (κ2) is 6.91. The number of aliphatic hydroxyl groups excluding tert-OH is 1. The molecule has 0 amide bonds. The van der Waals surface area contributed by atoms with E-state index in [1.807, 2.05) is 20.8 Å². The summed E-state index contributed by atoms with van der Waals surface area (Å²) in [6.07, 6.45) is 0.965. The van der Waals surface area contributed by atoms with Crippen molar-refractivity contribution in [3.8, 4) is 0 Å². The molecule has 21 heavy (non-hydrogen) atoms. The van der Waals surface area contributed by atoms with Crippen molar-refractivity contribution in [2.75, 3.05) is 18.6 Å². The lowest BCUT2D eigenvalue weighted by molar-refractivity contribution is 0.217. The number of halogens is 2. The molecule has 0 radical (unpaired) electrons. The van der Waals surface area contributed by atoms with Crippen LogP contribution in [0.5, 0.6) is 0 Å². The molecule has 8 heteroatoms. The van der Waals surface area contributed by atoms with Gasteiger partial charge in [0.05, 0.1) is 23.2 Å². The van der Waals surface area contributed by atoms with Gasteiger partial charge in [0.25, 0.3) is 0 Å². The minimum absolute atomic E-state index is 0. The van der Waals surface area contributed by atoms with Gasteiger partial charge < -0.3 is 16.2 Å². The van der Waals surface area contributed by atoms with Gasteiger partial charge in [-0.15, -0.1) is 12.4 Å². The summed E-state index contributed by atoms with van der Waals surface area (Å²) in [7, 11) is -3.64. The number of nitrogens with one attached hydrogen (secondary N) is 1. The van der Waals surface area contributed by atoms with Crippen LogP contribution in [0.4, 0.5) is 10.1 Å². The number of nitrogen functional groups attached to an aromatic ring is 1. The van der Waals surface area contributed by atoms with E-state index in [4.69, 9.17) is 5.73 Å². The summed E-state index contributed by atoms with van der Waals surface area (Å²) in [5, 5.41) is 12.5. The second-order valence-electron chi connectivity index (χ2n) is 5.82. The van der Waals surface area contributed by atoms with E-state index in [1.54, 1.807) is 0 Å². The third kappa shape index (κ3) is 5.43. The average Bonchev–Trinajstić information content (AvgIpc) is 2.26.